The van der Waals surface area contributed by atoms with Crippen LogP contribution in [-0.4, -0.2) is 135 Å². The number of methoxy groups -OCH3 is 1. The molecular weight excluding hydrogens is 739 g/mol. The number of benzene rings is 3. The fraction of sp³-hybridized carbons (Fsp3) is 0.436. The third-order valence-corrected chi connectivity index (χ3v) is 13.3. The number of anilines is 2. The van der Waals surface area contributed by atoms with E-state index in [1.54, 1.807) is 6.92 Å². The number of hydrogen-bond acceptors (Lipinski definition) is 9. The lowest BCUT2D eigenvalue weighted by Gasteiger charge is -2.37. The first kappa shape index (κ1) is 34.9. The maximum atomic E-state index is 14.0. The van der Waals surface area contributed by atoms with Crippen molar-refractivity contribution in [2.45, 2.75) is 37.4 Å². The summed E-state index contributed by atoms with van der Waals surface area (Å²) in [6.45, 7) is 9.11. The van der Waals surface area contributed by atoms with Crippen LogP contribution in [0, 0.1) is 0 Å². The summed E-state index contributed by atoms with van der Waals surface area (Å²) in [7, 11) is 5.51. The SMILES string of the molecule is COC(=O)C1(O)CC2OC1(C)n1c3ccc(NC(=S)N4CCN(C)CC4)cc3c3c4c(c5c6cc(NC(=S)N7CCN(C)CC7)ccc6n2c5c31)C(=O)NC4. The lowest BCUT2D eigenvalue weighted by atomic mass is 9.88. The largest absolute Gasteiger partial charge is 0.467 e. The normalized spacial score (nSPS) is 25.3. The fourth-order valence-electron chi connectivity index (χ4n) is 9.57. The number of esters is 1. The van der Waals surface area contributed by atoms with E-state index in [2.05, 4.69) is 54.2 Å². The quantitative estimate of drug-likeness (QED) is 0.158. The Balaban J connectivity index is 1.22. The molecule has 2 bridgehead atoms. The highest BCUT2D eigenvalue weighted by molar-refractivity contribution is 7.80. The summed E-state index contributed by atoms with van der Waals surface area (Å²) < 4.78 is 16.3. The van der Waals surface area contributed by atoms with Crippen LogP contribution in [0.4, 0.5) is 11.4 Å². The molecule has 4 N–H and O–H groups in total. The molecule has 286 valence electrons. The molecule has 14 nitrogen and oxygen atoms in total. The highest BCUT2D eigenvalue weighted by atomic mass is 32.1. The Morgan fingerprint density at radius 1 is 0.873 bits per heavy atom. The molecule has 0 saturated carbocycles. The van der Waals surface area contributed by atoms with Crippen molar-refractivity contribution in [1.82, 2.24) is 34.1 Å². The molecule has 7 heterocycles. The van der Waals surface area contributed by atoms with Crippen LogP contribution in [-0.2, 0) is 26.5 Å². The van der Waals surface area contributed by atoms with Crippen LogP contribution < -0.4 is 16.0 Å². The lowest BCUT2D eigenvalue weighted by molar-refractivity contribution is -0.202. The van der Waals surface area contributed by atoms with Crippen molar-refractivity contribution in [2.75, 3.05) is 84.2 Å². The zero-order valence-electron chi connectivity index (χ0n) is 31.2. The summed E-state index contributed by atoms with van der Waals surface area (Å²) in [5.74, 6) is -0.928. The molecule has 0 aliphatic carbocycles. The van der Waals surface area contributed by atoms with Gasteiger partial charge in [0.1, 0.15) is 6.23 Å². The van der Waals surface area contributed by atoms with E-state index in [1.807, 2.05) is 41.0 Å². The van der Waals surface area contributed by atoms with Crippen molar-refractivity contribution in [1.29, 1.82) is 0 Å². The molecule has 3 aromatic carbocycles. The zero-order chi connectivity index (χ0) is 38.1. The van der Waals surface area contributed by atoms with Crippen molar-refractivity contribution in [3.05, 3.63) is 47.5 Å². The molecule has 10 rings (SSSR count). The number of nitrogens with one attached hydrogen (secondary N) is 3. The van der Waals surface area contributed by atoms with Crippen molar-refractivity contribution < 1.29 is 24.2 Å². The molecule has 5 aliphatic heterocycles. The van der Waals surface area contributed by atoms with E-state index in [0.717, 1.165) is 113 Å². The first-order chi connectivity index (χ1) is 26.4. The first-order valence-corrected chi connectivity index (χ1v) is 19.6. The Kier molecular flexibility index (Phi) is 7.74. The van der Waals surface area contributed by atoms with Gasteiger partial charge >= 0.3 is 5.97 Å². The summed E-state index contributed by atoms with van der Waals surface area (Å²) in [6, 6.07) is 12.0. The number of amides is 1. The van der Waals surface area contributed by atoms with Gasteiger partial charge in [-0.05, 0) is 87.4 Å². The molecule has 5 aromatic rings. The molecule has 2 aromatic heterocycles. The number of fused-ring (bicyclic) bond motifs is 13. The van der Waals surface area contributed by atoms with Gasteiger partial charge in [0, 0.05) is 98.2 Å². The van der Waals surface area contributed by atoms with Crippen molar-refractivity contribution in [3.63, 3.8) is 0 Å². The molecule has 0 radical (unpaired) electrons. The van der Waals surface area contributed by atoms with Gasteiger partial charge in [-0.3, -0.25) is 4.79 Å². The van der Waals surface area contributed by atoms with E-state index in [0.29, 0.717) is 22.3 Å². The molecule has 3 unspecified atom stereocenters. The molecule has 1 amide bonds. The van der Waals surface area contributed by atoms with Gasteiger partial charge in [-0.15, -0.1) is 0 Å². The van der Waals surface area contributed by atoms with E-state index < -0.39 is 23.5 Å². The van der Waals surface area contributed by atoms with E-state index in [-0.39, 0.29) is 12.3 Å². The number of aromatic nitrogens is 2. The van der Waals surface area contributed by atoms with Crippen LogP contribution in [0.2, 0.25) is 0 Å². The van der Waals surface area contributed by atoms with Gasteiger partial charge in [0.25, 0.3) is 5.91 Å². The fourth-order valence-corrected chi connectivity index (χ4v) is 10.2. The Labute approximate surface area is 327 Å². The van der Waals surface area contributed by atoms with Crippen LogP contribution >= 0.6 is 24.4 Å². The predicted octanol–water partition coefficient (Wildman–Crippen LogP) is 3.54. The zero-order valence-corrected chi connectivity index (χ0v) is 32.8. The van der Waals surface area contributed by atoms with Crippen molar-refractivity contribution >= 4 is 102 Å². The number of nitrogens with zero attached hydrogens (tertiary/aromatic N) is 6. The number of likely N-dealkylation sites (N-methyl/N-ethyl adjacent to an activating group) is 2. The van der Waals surface area contributed by atoms with Crippen LogP contribution in [0.1, 0.15) is 35.5 Å². The van der Waals surface area contributed by atoms with Gasteiger partial charge in [0.2, 0.25) is 5.60 Å². The number of thiocarbonyl (C=S) groups is 2. The van der Waals surface area contributed by atoms with Crippen LogP contribution in [0.15, 0.2) is 36.4 Å². The second-order valence-electron chi connectivity index (χ2n) is 15.7. The number of rotatable bonds is 3. The van der Waals surface area contributed by atoms with E-state index in [9.17, 15) is 14.7 Å². The van der Waals surface area contributed by atoms with Crippen LogP contribution in [0.3, 0.4) is 0 Å². The number of ether oxygens (including phenoxy) is 2. The maximum absolute atomic E-state index is 14.0. The summed E-state index contributed by atoms with van der Waals surface area (Å²) in [6.07, 6.45) is -0.826. The van der Waals surface area contributed by atoms with Crippen LogP contribution in [0.5, 0.6) is 0 Å². The van der Waals surface area contributed by atoms with Crippen molar-refractivity contribution in [3.8, 4) is 0 Å². The minimum Gasteiger partial charge on any atom is -0.467 e. The minimum atomic E-state index is -2.05. The Morgan fingerprint density at radius 2 is 1.44 bits per heavy atom. The molecule has 3 atom stereocenters. The summed E-state index contributed by atoms with van der Waals surface area (Å²) in [5.41, 5.74) is 2.56. The number of hydrogen-bond donors (Lipinski definition) is 4. The molecule has 16 heteroatoms. The molecule has 5 aliphatic rings. The molecule has 55 heavy (non-hydrogen) atoms. The second kappa shape index (κ2) is 12.2. The molecule has 3 fully saturated rings. The van der Waals surface area contributed by atoms with Gasteiger partial charge in [0.05, 0.1) is 34.7 Å². The maximum Gasteiger partial charge on any atom is 0.343 e. The van der Waals surface area contributed by atoms with Crippen LogP contribution in [0.25, 0.3) is 43.6 Å². The number of carbonyl (C=O) groups excluding carboxylic acids is 2. The first-order valence-electron chi connectivity index (χ1n) is 18.8. The highest BCUT2D eigenvalue weighted by Gasteiger charge is 2.66. The highest BCUT2D eigenvalue weighted by Crippen LogP contribution is 2.58. The molecule has 3 saturated heterocycles. The lowest BCUT2D eigenvalue weighted by Crippen LogP contribution is -2.56. The Morgan fingerprint density at radius 3 is 2.02 bits per heavy atom. The monoisotopic (exact) mass is 781 g/mol. The van der Waals surface area contributed by atoms with Crippen molar-refractivity contribution in [2.24, 2.45) is 0 Å². The van der Waals surface area contributed by atoms with E-state index >= 15 is 0 Å². The van der Waals surface area contributed by atoms with Gasteiger partial charge in [-0.25, -0.2) is 4.79 Å². The standard InChI is InChI=1S/C39H43N9O5S2/c1-38-39(51,35(50)52-4)19-28(53-38)47-26-7-5-21(41-36(54)45-13-9-43(2)10-14-45)17-23(26)30-31-25(20-40-34(31)49)29-24-18-22(6-8-27(24)48(38)33(29)32(30)47)42-37(55)46-15-11-44(3)12-16-46/h5-8,17-18,28,51H,9-16,19-20H2,1-4H3,(H,40,49)(H,41,54)(H,42,55). The smallest absolute Gasteiger partial charge is 0.343 e. The van der Waals surface area contributed by atoms with E-state index in [4.69, 9.17) is 33.9 Å². The summed E-state index contributed by atoms with van der Waals surface area (Å²) >= 11 is 11.8. The average molecular weight is 782 g/mol. The third-order valence-electron chi connectivity index (χ3n) is 12.6. The molecular formula is C39H43N9O5S2. The predicted molar refractivity (Wildman–Crippen MR) is 220 cm³/mol. The van der Waals surface area contributed by atoms with Gasteiger partial charge in [-0.2, -0.15) is 0 Å². The number of piperazine rings is 2. The minimum absolute atomic E-state index is 0.0641. The topological polar surface area (TPSA) is 132 Å². The summed E-state index contributed by atoms with van der Waals surface area (Å²) in [4.78, 5) is 36.7. The third kappa shape index (κ3) is 4.85. The Bertz CT molecular complexity index is 2540. The summed E-state index contributed by atoms with van der Waals surface area (Å²) in [5, 5.41) is 27.2. The van der Waals surface area contributed by atoms with E-state index in [1.165, 1.54) is 7.11 Å². The average Bonchev–Trinajstić information content (AvgIpc) is 3.87. The second-order valence-corrected chi connectivity index (χ2v) is 16.5. The van der Waals surface area contributed by atoms with Gasteiger partial charge in [-0.1, -0.05) is 0 Å². The Hall–Kier alpha value is -4.58. The number of carbonyl (C=O) groups is 2. The number of aliphatic hydroxyl groups is 1. The van der Waals surface area contributed by atoms with Gasteiger partial charge < -0.3 is 59.3 Å². The molecule has 0 spiro atoms. The van der Waals surface area contributed by atoms with Gasteiger partial charge in [0.15, 0.2) is 15.9 Å².